The summed E-state index contributed by atoms with van der Waals surface area (Å²) in [5.74, 6) is 0.258. The number of hydrogen-bond acceptors (Lipinski definition) is 4. The Morgan fingerprint density at radius 3 is 2.39 bits per heavy atom. The van der Waals surface area contributed by atoms with Gasteiger partial charge in [0.15, 0.2) is 0 Å². The van der Waals surface area contributed by atoms with Crippen LogP contribution in [0.15, 0.2) is 60.7 Å². The van der Waals surface area contributed by atoms with E-state index < -0.39 is 22.7 Å². The van der Waals surface area contributed by atoms with Gasteiger partial charge in [0.25, 0.3) is 0 Å². The summed E-state index contributed by atoms with van der Waals surface area (Å²) in [6.45, 7) is 5.15. The number of amides is 3. The van der Waals surface area contributed by atoms with Crippen molar-refractivity contribution in [2.75, 3.05) is 32.4 Å². The molecule has 2 aliphatic heterocycles. The molecule has 6 nitrogen and oxygen atoms in total. The van der Waals surface area contributed by atoms with Gasteiger partial charge in [0.05, 0.1) is 16.7 Å². The molecule has 0 aromatic heterocycles. The van der Waals surface area contributed by atoms with E-state index in [0.717, 1.165) is 24.2 Å². The van der Waals surface area contributed by atoms with Crippen LogP contribution in [0.3, 0.4) is 0 Å². The molecule has 2 aliphatic rings. The number of piperidine rings is 1. The SMILES string of the molecule is CN1CC(c2ccccc2)C2(CCCN(C(=O)[C@@H](CSCc3ccccc3)C(C)(C)C(N)=O)C2)C1=O. The summed E-state index contributed by atoms with van der Waals surface area (Å²) in [6, 6.07) is 20.3. The van der Waals surface area contributed by atoms with E-state index in [1.54, 1.807) is 25.6 Å². The zero-order valence-electron chi connectivity index (χ0n) is 21.5. The molecule has 3 atom stereocenters. The predicted octanol–water partition coefficient (Wildman–Crippen LogP) is 3.91. The van der Waals surface area contributed by atoms with Crippen LogP contribution in [-0.4, -0.2) is 60.0 Å². The number of thioether (sulfide) groups is 1. The van der Waals surface area contributed by atoms with E-state index in [2.05, 4.69) is 24.3 Å². The lowest BCUT2D eigenvalue weighted by atomic mass is 9.68. The van der Waals surface area contributed by atoms with Crippen molar-refractivity contribution >= 4 is 29.5 Å². The van der Waals surface area contributed by atoms with Gasteiger partial charge in [-0.05, 0) is 24.0 Å². The minimum Gasteiger partial charge on any atom is -0.369 e. The summed E-state index contributed by atoms with van der Waals surface area (Å²) in [6.07, 6.45) is 1.52. The molecule has 2 aromatic rings. The van der Waals surface area contributed by atoms with Gasteiger partial charge in [-0.3, -0.25) is 14.4 Å². The summed E-state index contributed by atoms with van der Waals surface area (Å²) < 4.78 is 0. The van der Waals surface area contributed by atoms with Gasteiger partial charge in [-0.25, -0.2) is 0 Å². The number of carbonyl (C=O) groups is 3. The van der Waals surface area contributed by atoms with E-state index in [0.29, 0.717) is 25.4 Å². The van der Waals surface area contributed by atoms with Gasteiger partial charge in [-0.15, -0.1) is 0 Å². The van der Waals surface area contributed by atoms with Gasteiger partial charge >= 0.3 is 0 Å². The van der Waals surface area contributed by atoms with Crippen LogP contribution in [0.25, 0.3) is 0 Å². The van der Waals surface area contributed by atoms with Crippen molar-refractivity contribution in [3.8, 4) is 0 Å². The third-order valence-corrected chi connectivity index (χ3v) is 9.24. The first kappa shape index (κ1) is 26.3. The first-order valence-corrected chi connectivity index (χ1v) is 13.8. The number of nitrogens with zero attached hydrogens (tertiary/aromatic N) is 2. The zero-order chi connectivity index (χ0) is 25.9. The number of benzene rings is 2. The second kappa shape index (κ2) is 10.7. The van der Waals surface area contributed by atoms with Gasteiger partial charge in [0, 0.05) is 44.1 Å². The van der Waals surface area contributed by atoms with Crippen molar-refractivity contribution < 1.29 is 14.4 Å². The molecule has 7 heteroatoms. The summed E-state index contributed by atoms with van der Waals surface area (Å²) in [4.78, 5) is 43.7. The monoisotopic (exact) mass is 507 g/mol. The zero-order valence-corrected chi connectivity index (χ0v) is 22.3. The smallest absolute Gasteiger partial charge is 0.231 e. The van der Waals surface area contributed by atoms with Crippen LogP contribution < -0.4 is 5.73 Å². The molecule has 2 fully saturated rings. The molecule has 36 heavy (non-hydrogen) atoms. The number of primary amides is 1. The van der Waals surface area contributed by atoms with E-state index in [4.69, 9.17) is 5.73 Å². The number of likely N-dealkylation sites (tertiary alicyclic amines) is 2. The van der Waals surface area contributed by atoms with Gasteiger partial charge in [-0.2, -0.15) is 11.8 Å². The first-order valence-electron chi connectivity index (χ1n) is 12.7. The number of carbonyl (C=O) groups excluding carboxylic acids is 3. The van der Waals surface area contributed by atoms with Gasteiger partial charge in [-0.1, -0.05) is 74.5 Å². The predicted molar refractivity (Wildman–Crippen MR) is 144 cm³/mol. The summed E-state index contributed by atoms with van der Waals surface area (Å²) in [5, 5.41) is 0. The van der Waals surface area contributed by atoms with Gasteiger partial charge in [0.2, 0.25) is 17.7 Å². The van der Waals surface area contributed by atoms with Crippen molar-refractivity contribution in [1.29, 1.82) is 0 Å². The summed E-state index contributed by atoms with van der Waals surface area (Å²) >= 11 is 1.64. The van der Waals surface area contributed by atoms with Crippen molar-refractivity contribution in [3.05, 3.63) is 71.8 Å². The number of nitrogens with two attached hydrogens (primary N) is 1. The maximum absolute atomic E-state index is 14.0. The first-order chi connectivity index (χ1) is 17.2. The molecule has 2 saturated heterocycles. The normalized spacial score (nSPS) is 23.2. The van der Waals surface area contributed by atoms with Gasteiger partial charge in [0.1, 0.15) is 0 Å². The standard InChI is InChI=1S/C29H37N3O3S/c1-28(2,26(30)34)24(19-36-18-21-11-6-4-7-12-21)25(33)32-16-10-15-29(20-32)23(17-31(3)27(29)35)22-13-8-5-9-14-22/h4-9,11-14,23-24H,10,15-20H2,1-3H3,(H2,30,34)/t23?,24-,29?/m1/s1. The highest BCUT2D eigenvalue weighted by Gasteiger charge is 2.56. The lowest BCUT2D eigenvalue weighted by molar-refractivity contribution is -0.150. The van der Waals surface area contributed by atoms with E-state index in [1.807, 2.05) is 53.2 Å². The molecule has 2 unspecified atom stereocenters. The second-order valence-electron chi connectivity index (χ2n) is 10.8. The summed E-state index contributed by atoms with van der Waals surface area (Å²) in [5.41, 5.74) is 6.47. The topological polar surface area (TPSA) is 83.7 Å². The Kier molecular flexibility index (Phi) is 7.79. The Morgan fingerprint density at radius 2 is 1.75 bits per heavy atom. The molecule has 2 heterocycles. The van der Waals surface area contributed by atoms with Crippen molar-refractivity contribution in [3.63, 3.8) is 0 Å². The van der Waals surface area contributed by atoms with Crippen molar-refractivity contribution in [2.24, 2.45) is 22.5 Å². The number of likely N-dealkylation sites (N-methyl/N-ethyl adjacent to an activating group) is 1. The highest BCUT2D eigenvalue weighted by Crippen LogP contribution is 2.49. The average molecular weight is 508 g/mol. The molecule has 0 radical (unpaired) electrons. The molecular weight excluding hydrogens is 470 g/mol. The molecule has 0 bridgehead atoms. The Hall–Kier alpha value is -2.80. The highest BCUT2D eigenvalue weighted by molar-refractivity contribution is 7.98. The molecule has 1 spiro atoms. The fourth-order valence-electron chi connectivity index (χ4n) is 5.75. The van der Waals surface area contributed by atoms with E-state index in [9.17, 15) is 14.4 Å². The van der Waals surface area contributed by atoms with Crippen molar-refractivity contribution in [2.45, 2.75) is 38.4 Å². The van der Waals surface area contributed by atoms with E-state index in [-0.39, 0.29) is 17.7 Å². The Morgan fingerprint density at radius 1 is 1.11 bits per heavy atom. The van der Waals surface area contributed by atoms with E-state index >= 15 is 0 Å². The molecular formula is C29H37N3O3S. The van der Waals surface area contributed by atoms with Crippen LogP contribution in [0.5, 0.6) is 0 Å². The molecule has 2 N–H and O–H groups in total. The molecule has 192 valence electrons. The maximum Gasteiger partial charge on any atom is 0.231 e. The Bertz CT molecular complexity index is 1090. The van der Waals surface area contributed by atoms with Crippen LogP contribution in [0.4, 0.5) is 0 Å². The summed E-state index contributed by atoms with van der Waals surface area (Å²) in [7, 11) is 1.85. The highest BCUT2D eigenvalue weighted by atomic mass is 32.2. The Balaban J connectivity index is 1.57. The minimum atomic E-state index is -0.999. The van der Waals surface area contributed by atoms with Crippen LogP contribution in [0, 0.1) is 16.7 Å². The fourth-order valence-corrected chi connectivity index (χ4v) is 7.09. The third kappa shape index (κ3) is 5.03. The molecule has 0 aliphatic carbocycles. The lowest BCUT2D eigenvalue weighted by Gasteiger charge is -2.44. The van der Waals surface area contributed by atoms with Crippen LogP contribution in [0.2, 0.25) is 0 Å². The minimum absolute atomic E-state index is 0.0295. The van der Waals surface area contributed by atoms with Crippen LogP contribution in [0.1, 0.15) is 43.7 Å². The van der Waals surface area contributed by atoms with Gasteiger partial charge < -0.3 is 15.5 Å². The number of rotatable bonds is 8. The quantitative estimate of drug-likeness (QED) is 0.587. The second-order valence-corrected chi connectivity index (χ2v) is 11.8. The average Bonchev–Trinajstić information content (AvgIpc) is 3.12. The van der Waals surface area contributed by atoms with Crippen LogP contribution >= 0.6 is 11.8 Å². The van der Waals surface area contributed by atoms with Crippen molar-refractivity contribution in [1.82, 2.24) is 9.80 Å². The largest absolute Gasteiger partial charge is 0.369 e. The maximum atomic E-state index is 14.0. The molecule has 2 aromatic carbocycles. The third-order valence-electron chi connectivity index (χ3n) is 8.13. The molecule has 3 amide bonds. The molecule has 0 saturated carbocycles. The fraction of sp³-hybridized carbons (Fsp3) is 0.483. The van der Waals surface area contributed by atoms with E-state index in [1.165, 1.54) is 5.56 Å². The number of hydrogen-bond donors (Lipinski definition) is 1. The van der Waals surface area contributed by atoms with Crippen LogP contribution in [-0.2, 0) is 20.1 Å². The molecule has 4 rings (SSSR count). The Labute approximate surface area is 218 Å². The lowest BCUT2D eigenvalue weighted by Crippen LogP contribution is -2.55.